The first-order chi connectivity index (χ1) is 14.8. The Balaban J connectivity index is 1.45. The third-order valence-corrected chi connectivity index (χ3v) is 7.12. The second-order valence-electron chi connectivity index (χ2n) is 7.38. The molecule has 0 bridgehead atoms. The van der Waals surface area contributed by atoms with Gasteiger partial charge in [0.05, 0.1) is 13.7 Å². The van der Waals surface area contributed by atoms with Crippen molar-refractivity contribution in [3.63, 3.8) is 0 Å². The van der Waals surface area contributed by atoms with Crippen LogP contribution >= 0.6 is 0 Å². The molecule has 0 atom stereocenters. The van der Waals surface area contributed by atoms with Crippen LogP contribution in [0.1, 0.15) is 18.4 Å². The lowest BCUT2D eigenvalue weighted by molar-refractivity contribution is -0.132. The number of hydrogen-bond acceptors (Lipinski definition) is 6. The molecule has 0 aromatic heterocycles. The number of piperazine rings is 1. The first-order valence-electron chi connectivity index (χ1n) is 10.2. The average molecular weight is 449 g/mol. The van der Waals surface area contributed by atoms with E-state index >= 15 is 0 Å². The van der Waals surface area contributed by atoms with Crippen LogP contribution in [-0.4, -0.2) is 68.5 Å². The van der Waals surface area contributed by atoms with Gasteiger partial charge in [-0.3, -0.25) is 4.79 Å². The highest BCUT2D eigenvalue weighted by Gasteiger charge is 2.31. The van der Waals surface area contributed by atoms with Crippen LogP contribution in [0.4, 0.5) is 0 Å². The van der Waals surface area contributed by atoms with Crippen LogP contribution in [0.5, 0.6) is 17.2 Å². The largest absolute Gasteiger partial charge is 0.507 e. The number of amides is 1. The zero-order valence-electron chi connectivity index (χ0n) is 17.8. The van der Waals surface area contributed by atoms with Gasteiger partial charge in [-0.15, -0.1) is 0 Å². The Labute approximate surface area is 183 Å². The molecule has 0 radical (unpaired) electrons. The number of aromatic hydroxyl groups is 1. The van der Waals surface area contributed by atoms with Crippen LogP contribution < -0.4 is 9.47 Å². The number of nitrogens with zero attached hydrogens (tertiary/aromatic N) is 2. The van der Waals surface area contributed by atoms with Gasteiger partial charge >= 0.3 is 0 Å². The third kappa shape index (κ3) is 5.68. The lowest BCUT2D eigenvalue weighted by atomic mass is 10.2. The summed E-state index contributed by atoms with van der Waals surface area (Å²) in [5.41, 5.74) is 0.752. The smallest absolute Gasteiger partial charge is 0.246 e. The van der Waals surface area contributed by atoms with E-state index in [1.165, 1.54) is 16.4 Å². The van der Waals surface area contributed by atoms with Gasteiger partial charge in [0.25, 0.3) is 0 Å². The maximum absolute atomic E-state index is 12.9. The summed E-state index contributed by atoms with van der Waals surface area (Å²) in [6, 6.07) is 11.7. The van der Waals surface area contributed by atoms with Gasteiger partial charge in [0.15, 0.2) is 0 Å². The molecule has 0 aliphatic carbocycles. The van der Waals surface area contributed by atoms with Crippen LogP contribution in [0.25, 0.3) is 0 Å². The molecule has 1 saturated heterocycles. The molecule has 0 saturated carbocycles. The summed E-state index contributed by atoms with van der Waals surface area (Å²) in [6.45, 7) is 3.23. The number of benzene rings is 2. The Morgan fingerprint density at radius 3 is 2.32 bits per heavy atom. The zero-order valence-corrected chi connectivity index (χ0v) is 18.6. The number of rotatable bonds is 8. The summed E-state index contributed by atoms with van der Waals surface area (Å²) < 4.78 is 37.8. The van der Waals surface area contributed by atoms with Gasteiger partial charge in [0.2, 0.25) is 15.9 Å². The summed E-state index contributed by atoms with van der Waals surface area (Å²) in [5.74, 6) is 1.18. The van der Waals surface area contributed by atoms with Gasteiger partial charge in [-0.2, -0.15) is 4.31 Å². The molecule has 2 aromatic carbocycles. The number of methoxy groups -OCH3 is 1. The highest BCUT2D eigenvalue weighted by atomic mass is 32.2. The third-order valence-electron chi connectivity index (χ3n) is 5.19. The molecule has 1 aliphatic rings. The maximum atomic E-state index is 12.9. The van der Waals surface area contributed by atoms with Gasteiger partial charge in [0, 0.05) is 32.6 Å². The number of aryl methyl sites for hydroxylation is 1. The van der Waals surface area contributed by atoms with Crippen molar-refractivity contribution in [3.8, 4) is 17.2 Å². The van der Waals surface area contributed by atoms with Gasteiger partial charge in [-0.25, -0.2) is 8.42 Å². The fraction of sp³-hybridized carbons (Fsp3) is 0.409. The minimum atomic E-state index is -3.80. The van der Waals surface area contributed by atoms with E-state index in [9.17, 15) is 18.3 Å². The molecular weight excluding hydrogens is 420 g/mol. The van der Waals surface area contributed by atoms with Crippen molar-refractivity contribution < 1.29 is 27.8 Å². The molecule has 3 rings (SSSR count). The van der Waals surface area contributed by atoms with Crippen LogP contribution in [-0.2, 0) is 14.8 Å². The van der Waals surface area contributed by atoms with Crippen LogP contribution in [0.15, 0.2) is 47.4 Å². The number of sulfonamides is 1. The van der Waals surface area contributed by atoms with E-state index in [0.29, 0.717) is 38.3 Å². The predicted octanol–water partition coefficient (Wildman–Crippen LogP) is 2.40. The van der Waals surface area contributed by atoms with Crippen LogP contribution in [0.2, 0.25) is 0 Å². The average Bonchev–Trinajstić information content (AvgIpc) is 2.78. The molecule has 8 nitrogen and oxygen atoms in total. The van der Waals surface area contributed by atoms with Crippen LogP contribution in [0, 0.1) is 6.92 Å². The molecule has 1 fully saturated rings. The molecule has 31 heavy (non-hydrogen) atoms. The molecule has 0 unspecified atom stereocenters. The Hall–Kier alpha value is -2.78. The number of carbonyl (C=O) groups is 1. The number of ether oxygens (including phenoxy) is 2. The Bertz CT molecular complexity index is 999. The van der Waals surface area contributed by atoms with Crippen LogP contribution in [0.3, 0.4) is 0 Å². The van der Waals surface area contributed by atoms with Crippen molar-refractivity contribution in [2.24, 2.45) is 0 Å². The molecule has 1 amide bonds. The Morgan fingerprint density at radius 1 is 1.03 bits per heavy atom. The van der Waals surface area contributed by atoms with Crippen molar-refractivity contribution in [1.82, 2.24) is 9.21 Å². The number of carbonyl (C=O) groups excluding carboxylic acids is 1. The quantitative estimate of drug-likeness (QED) is 0.623. The monoisotopic (exact) mass is 448 g/mol. The summed E-state index contributed by atoms with van der Waals surface area (Å²) in [4.78, 5) is 14.0. The Morgan fingerprint density at radius 2 is 1.68 bits per heavy atom. The lowest BCUT2D eigenvalue weighted by Gasteiger charge is -2.34. The number of phenolic OH excluding ortho intramolecular Hbond substituents is 1. The minimum absolute atomic E-state index is 0.0196. The van der Waals surface area contributed by atoms with Gasteiger partial charge in [0.1, 0.15) is 22.1 Å². The molecular formula is C22H28N2O6S. The number of phenols is 1. The predicted molar refractivity (Wildman–Crippen MR) is 116 cm³/mol. The van der Waals surface area contributed by atoms with E-state index in [2.05, 4.69) is 0 Å². The van der Waals surface area contributed by atoms with E-state index in [-0.39, 0.29) is 29.6 Å². The molecule has 1 heterocycles. The topological polar surface area (TPSA) is 96.4 Å². The first-order valence-corrected chi connectivity index (χ1v) is 11.6. The molecule has 0 spiro atoms. The lowest BCUT2D eigenvalue weighted by Crippen LogP contribution is -2.50. The Kier molecular flexibility index (Phi) is 7.40. The molecule has 1 aliphatic heterocycles. The van der Waals surface area contributed by atoms with E-state index in [4.69, 9.17) is 9.47 Å². The summed E-state index contributed by atoms with van der Waals surface area (Å²) in [6.07, 6.45) is 0.905. The second-order valence-corrected chi connectivity index (χ2v) is 9.29. The molecule has 1 N–H and O–H groups in total. The summed E-state index contributed by atoms with van der Waals surface area (Å²) in [7, 11) is -2.20. The maximum Gasteiger partial charge on any atom is 0.246 e. The fourth-order valence-corrected chi connectivity index (χ4v) is 4.98. The van der Waals surface area contributed by atoms with Gasteiger partial charge < -0.3 is 19.5 Å². The standard InChI is InChI=1S/C22H28N2O6S/c1-17-5-10-20(25)21(16-17)31(27,28)24-13-11-23(12-14-24)22(26)4-3-15-30-19-8-6-18(29-2)7-9-19/h5-10,16,25H,3-4,11-15H2,1-2H3. The van der Waals surface area contributed by atoms with E-state index in [0.717, 1.165) is 11.3 Å². The van der Waals surface area contributed by atoms with Crippen molar-refractivity contribution in [2.75, 3.05) is 39.9 Å². The zero-order chi connectivity index (χ0) is 22.4. The number of hydrogen-bond donors (Lipinski definition) is 1. The normalized spacial score (nSPS) is 15.0. The van der Waals surface area contributed by atoms with Gasteiger partial charge in [-0.1, -0.05) is 6.07 Å². The highest BCUT2D eigenvalue weighted by molar-refractivity contribution is 7.89. The second kappa shape index (κ2) is 10.0. The first kappa shape index (κ1) is 22.9. The SMILES string of the molecule is COc1ccc(OCCCC(=O)N2CCN(S(=O)(=O)c3cc(C)ccc3O)CC2)cc1. The highest BCUT2D eigenvalue weighted by Crippen LogP contribution is 2.27. The van der Waals surface area contributed by atoms with Crippen molar-refractivity contribution in [2.45, 2.75) is 24.7 Å². The fourth-order valence-electron chi connectivity index (χ4n) is 3.39. The molecule has 9 heteroatoms. The van der Waals surface area contributed by atoms with Gasteiger partial charge in [-0.05, 0) is 55.3 Å². The molecule has 2 aromatic rings. The van der Waals surface area contributed by atoms with Crippen molar-refractivity contribution in [1.29, 1.82) is 0 Å². The van der Waals surface area contributed by atoms with Crippen molar-refractivity contribution in [3.05, 3.63) is 48.0 Å². The van der Waals surface area contributed by atoms with E-state index < -0.39 is 10.0 Å². The molecule has 168 valence electrons. The van der Waals surface area contributed by atoms with E-state index in [1.54, 1.807) is 25.0 Å². The van der Waals surface area contributed by atoms with E-state index in [1.807, 2.05) is 24.3 Å². The summed E-state index contributed by atoms with van der Waals surface area (Å²) in [5, 5.41) is 9.98. The minimum Gasteiger partial charge on any atom is -0.507 e. The van der Waals surface area contributed by atoms with Crippen molar-refractivity contribution >= 4 is 15.9 Å². The summed E-state index contributed by atoms with van der Waals surface area (Å²) >= 11 is 0.